The Bertz CT molecular complexity index is 290. The van der Waals surface area contributed by atoms with Crippen LogP contribution in [0.2, 0.25) is 0 Å². The van der Waals surface area contributed by atoms with Gasteiger partial charge in [0, 0.05) is 13.1 Å². The number of rotatable bonds is 1. The quantitative estimate of drug-likeness (QED) is 0.581. The second-order valence-corrected chi connectivity index (χ2v) is 4.52. The lowest BCUT2D eigenvalue weighted by molar-refractivity contribution is -0.150. The number of carbonyl (C=O) groups is 2. The van der Waals surface area contributed by atoms with Crippen LogP contribution in [0.5, 0.6) is 0 Å². The third-order valence-corrected chi connectivity index (χ3v) is 3.05. The van der Waals surface area contributed by atoms with Crippen molar-refractivity contribution in [2.24, 2.45) is 5.92 Å². The van der Waals surface area contributed by atoms with Gasteiger partial charge >= 0.3 is 0 Å². The molecule has 2 aliphatic rings. The van der Waals surface area contributed by atoms with Gasteiger partial charge in [0.15, 0.2) is 0 Å². The predicted octanol–water partition coefficient (Wildman–Crippen LogP) is -1.06. The van der Waals surface area contributed by atoms with Crippen LogP contribution in [0, 0.1) is 5.92 Å². The van der Waals surface area contributed by atoms with Gasteiger partial charge < -0.3 is 15.5 Å². The Morgan fingerprint density at radius 1 is 1.33 bits per heavy atom. The van der Waals surface area contributed by atoms with E-state index in [0.29, 0.717) is 13.1 Å². The topological polar surface area (TPSA) is 61.4 Å². The lowest BCUT2D eigenvalue weighted by Crippen LogP contribution is -2.69. The molecule has 0 radical (unpaired) electrons. The maximum atomic E-state index is 11.8. The molecule has 84 valence electrons. The van der Waals surface area contributed by atoms with E-state index < -0.39 is 0 Å². The molecular formula is C10H17N3O2. The summed E-state index contributed by atoms with van der Waals surface area (Å²) in [5, 5.41) is 5.93. The van der Waals surface area contributed by atoms with Crippen LogP contribution in [0.3, 0.4) is 0 Å². The van der Waals surface area contributed by atoms with Crippen molar-refractivity contribution in [3.8, 4) is 0 Å². The molecule has 0 spiro atoms. The van der Waals surface area contributed by atoms with Crippen LogP contribution in [0.4, 0.5) is 0 Å². The van der Waals surface area contributed by atoms with Crippen molar-refractivity contribution in [1.82, 2.24) is 15.5 Å². The van der Waals surface area contributed by atoms with Crippen molar-refractivity contribution in [3.05, 3.63) is 0 Å². The first-order valence-electron chi connectivity index (χ1n) is 5.41. The number of piperazine rings is 2. The Labute approximate surface area is 89.2 Å². The van der Waals surface area contributed by atoms with E-state index in [0.717, 1.165) is 6.54 Å². The van der Waals surface area contributed by atoms with Gasteiger partial charge in [-0.05, 0) is 5.92 Å². The maximum absolute atomic E-state index is 11.8. The fourth-order valence-corrected chi connectivity index (χ4v) is 2.37. The van der Waals surface area contributed by atoms with E-state index >= 15 is 0 Å². The van der Waals surface area contributed by atoms with Gasteiger partial charge in [-0.1, -0.05) is 13.8 Å². The summed E-state index contributed by atoms with van der Waals surface area (Å²) < 4.78 is 0. The van der Waals surface area contributed by atoms with Crippen LogP contribution in [-0.4, -0.2) is 48.4 Å². The van der Waals surface area contributed by atoms with Gasteiger partial charge in [0.25, 0.3) is 0 Å². The summed E-state index contributed by atoms with van der Waals surface area (Å²) in [6.07, 6.45) is 0. The Kier molecular flexibility index (Phi) is 2.65. The third kappa shape index (κ3) is 1.71. The van der Waals surface area contributed by atoms with Crippen LogP contribution in [0.25, 0.3) is 0 Å². The second-order valence-electron chi connectivity index (χ2n) is 4.52. The minimum absolute atomic E-state index is 0.0171. The monoisotopic (exact) mass is 211 g/mol. The van der Waals surface area contributed by atoms with E-state index in [2.05, 4.69) is 10.6 Å². The highest BCUT2D eigenvalue weighted by molar-refractivity contribution is 5.90. The summed E-state index contributed by atoms with van der Waals surface area (Å²) in [4.78, 5) is 25.2. The SMILES string of the molecule is CC(C)C1C(=O)NCC2CNCC(=O)N21. The van der Waals surface area contributed by atoms with Crippen LogP contribution in [0.15, 0.2) is 0 Å². The minimum Gasteiger partial charge on any atom is -0.352 e. The first-order chi connectivity index (χ1) is 7.11. The Balaban J connectivity index is 2.24. The summed E-state index contributed by atoms with van der Waals surface area (Å²) in [6.45, 7) is 5.65. The molecule has 0 aromatic heterocycles. The number of hydrogen-bond donors (Lipinski definition) is 2. The van der Waals surface area contributed by atoms with Crippen molar-refractivity contribution in [1.29, 1.82) is 0 Å². The van der Waals surface area contributed by atoms with E-state index in [9.17, 15) is 9.59 Å². The Morgan fingerprint density at radius 3 is 2.73 bits per heavy atom. The fraction of sp³-hybridized carbons (Fsp3) is 0.800. The number of fused-ring (bicyclic) bond motifs is 1. The van der Waals surface area contributed by atoms with Crippen molar-refractivity contribution < 1.29 is 9.59 Å². The average Bonchev–Trinajstić information content (AvgIpc) is 2.18. The van der Waals surface area contributed by atoms with Crippen LogP contribution in [0.1, 0.15) is 13.8 Å². The van der Waals surface area contributed by atoms with Gasteiger partial charge in [0.05, 0.1) is 12.6 Å². The van der Waals surface area contributed by atoms with Gasteiger partial charge in [-0.2, -0.15) is 0 Å². The zero-order chi connectivity index (χ0) is 11.0. The summed E-state index contributed by atoms with van der Waals surface area (Å²) in [6, 6.07) is -0.172. The first kappa shape index (κ1) is 10.4. The van der Waals surface area contributed by atoms with Crippen LogP contribution >= 0.6 is 0 Å². The maximum Gasteiger partial charge on any atom is 0.243 e. The van der Waals surface area contributed by atoms with Gasteiger partial charge in [-0.15, -0.1) is 0 Å². The number of hydrogen-bond acceptors (Lipinski definition) is 3. The molecular weight excluding hydrogens is 194 g/mol. The highest BCUT2D eigenvalue weighted by Crippen LogP contribution is 2.19. The van der Waals surface area contributed by atoms with Gasteiger partial charge in [-0.3, -0.25) is 9.59 Å². The molecule has 2 unspecified atom stereocenters. The summed E-state index contributed by atoms with van der Waals surface area (Å²) in [7, 11) is 0. The standard InChI is InChI=1S/C10H17N3O2/c1-6(2)9-10(15)12-4-7-3-11-5-8(14)13(7)9/h6-7,9,11H,3-5H2,1-2H3,(H,12,15). The molecule has 15 heavy (non-hydrogen) atoms. The molecule has 2 N–H and O–H groups in total. The predicted molar refractivity (Wildman–Crippen MR) is 55.1 cm³/mol. The fourth-order valence-electron chi connectivity index (χ4n) is 2.37. The molecule has 0 aliphatic carbocycles. The minimum atomic E-state index is -0.293. The first-order valence-corrected chi connectivity index (χ1v) is 5.41. The number of nitrogens with zero attached hydrogens (tertiary/aromatic N) is 1. The van der Waals surface area contributed by atoms with Crippen LogP contribution in [-0.2, 0) is 9.59 Å². The second kappa shape index (κ2) is 3.81. The lowest BCUT2D eigenvalue weighted by atomic mass is 9.95. The Hall–Kier alpha value is -1.10. The lowest BCUT2D eigenvalue weighted by Gasteiger charge is -2.45. The summed E-state index contributed by atoms with van der Waals surface area (Å²) in [5.74, 6) is 0.186. The largest absolute Gasteiger partial charge is 0.352 e. The molecule has 5 heteroatoms. The number of nitrogens with one attached hydrogen (secondary N) is 2. The summed E-state index contributed by atoms with van der Waals surface area (Å²) >= 11 is 0. The van der Waals surface area contributed by atoms with E-state index in [1.54, 1.807) is 4.90 Å². The average molecular weight is 211 g/mol. The molecule has 2 atom stereocenters. The molecule has 2 rings (SSSR count). The van der Waals surface area contributed by atoms with Gasteiger partial charge in [0.2, 0.25) is 11.8 Å². The highest BCUT2D eigenvalue weighted by atomic mass is 16.2. The van der Waals surface area contributed by atoms with E-state index in [-0.39, 0.29) is 29.8 Å². The van der Waals surface area contributed by atoms with E-state index in [1.807, 2.05) is 13.8 Å². The molecule has 5 nitrogen and oxygen atoms in total. The molecule has 2 fully saturated rings. The Morgan fingerprint density at radius 2 is 2.07 bits per heavy atom. The molecule has 2 aliphatic heterocycles. The van der Waals surface area contributed by atoms with Crippen molar-refractivity contribution in [2.45, 2.75) is 25.9 Å². The molecule has 0 saturated carbocycles. The highest BCUT2D eigenvalue weighted by Gasteiger charge is 2.42. The van der Waals surface area contributed by atoms with E-state index in [4.69, 9.17) is 0 Å². The number of amides is 2. The zero-order valence-corrected chi connectivity index (χ0v) is 9.12. The third-order valence-electron chi connectivity index (χ3n) is 3.05. The van der Waals surface area contributed by atoms with Gasteiger partial charge in [-0.25, -0.2) is 0 Å². The number of carbonyl (C=O) groups excluding carboxylic acids is 2. The summed E-state index contributed by atoms with van der Waals surface area (Å²) in [5.41, 5.74) is 0. The molecule has 0 aromatic rings. The molecule has 0 bridgehead atoms. The van der Waals surface area contributed by atoms with Crippen molar-refractivity contribution in [3.63, 3.8) is 0 Å². The zero-order valence-electron chi connectivity index (χ0n) is 9.12. The smallest absolute Gasteiger partial charge is 0.243 e. The van der Waals surface area contributed by atoms with Gasteiger partial charge in [0.1, 0.15) is 6.04 Å². The molecule has 2 saturated heterocycles. The van der Waals surface area contributed by atoms with Crippen LogP contribution < -0.4 is 10.6 Å². The molecule has 2 amide bonds. The van der Waals surface area contributed by atoms with E-state index in [1.165, 1.54) is 0 Å². The molecule has 2 heterocycles. The normalized spacial score (nSPS) is 31.5. The van der Waals surface area contributed by atoms with Crippen molar-refractivity contribution >= 4 is 11.8 Å². The van der Waals surface area contributed by atoms with Crippen molar-refractivity contribution in [2.75, 3.05) is 19.6 Å². The molecule has 0 aromatic carbocycles.